The van der Waals surface area contributed by atoms with Gasteiger partial charge in [0.25, 0.3) is 5.91 Å². The molecule has 0 radical (unpaired) electrons. The molecule has 1 aromatic carbocycles. The fourth-order valence-electron chi connectivity index (χ4n) is 2.27. The van der Waals surface area contributed by atoms with E-state index >= 15 is 0 Å². The normalized spacial score (nSPS) is 22.2. The smallest absolute Gasteiger partial charge is 0.251 e. The van der Waals surface area contributed by atoms with Crippen LogP contribution >= 0.6 is 11.6 Å². The van der Waals surface area contributed by atoms with E-state index < -0.39 is 12.1 Å². The minimum Gasteiger partial charge on any atom is -0.395 e. The largest absolute Gasteiger partial charge is 0.395 e. The number of rotatable bonds is 4. The van der Waals surface area contributed by atoms with E-state index in [0.29, 0.717) is 5.02 Å². The van der Waals surface area contributed by atoms with Crippen LogP contribution in [0.2, 0.25) is 5.02 Å². The van der Waals surface area contributed by atoms with Crippen molar-refractivity contribution >= 4 is 23.4 Å². The highest BCUT2D eigenvalue weighted by Crippen LogP contribution is 2.29. The predicted molar refractivity (Wildman–Crippen MR) is 76.8 cm³/mol. The van der Waals surface area contributed by atoms with Crippen molar-refractivity contribution < 1.29 is 19.4 Å². The van der Waals surface area contributed by atoms with Gasteiger partial charge in [0.1, 0.15) is 6.61 Å². The number of hydrogen-bond acceptors (Lipinski definition) is 4. The van der Waals surface area contributed by atoms with Crippen molar-refractivity contribution in [3.8, 4) is 0 Å². The Bertz CT molecular complexity index is 520. The quantitative estimate of drug-likeness (QED) is 0.841. The molecule has 1 aromatic rings. The first-order valence-corrected chi connectivity index (χ1v) is 6.93. The average molecular weight is 313 g/mol. The zero-order valence-electron chi connectivity index (χ0n) is 11.6. The zero-order chi connectivity index (χ0) is 15.4. The van der Waals surface area contributed by atoms with Crippen LogP contribution in [0.4, 0.5) is 0 Å². The number of halogens is 1. The van der Waals surface area contributed by atoms with E-state index in [9.17, 15) is 9.59 Å². The summed E-state index contributed by atoms with van der Waals surface area (Å²) in [5, 5.41) is 11.9. The number of aliphatic hydroxyl groups is 1. The Morgan fingerprint density at radius 3 is 2.76 bits per heavy atom. The number of nitrogens with zero attached hydrogens (tertiary/aromatic N) is 1. The maximum absolute atomic E-state index is 12.1. The molecule has 114 valence electrons. The molecular weight excluding hydrogens is 296 g/mol. The lowest BCUT2D eigenvalue weighted by molar-refractivity contribution is -0.162. The molecule has 1 heterocycles. The van der Waals surface area contributed by atoms with Crippen LogP contribution in [-0.4, -0.2) is 54.7 Å². The second-order valence-corrected chi connectivity index (χ2v) is 5.18. The summed E-state index contributed by atoms with van der Waals surface area (Å²) in [4.78, 5) is 25.5. The van der Waals surface area contributed by atoms with Crippen molar-refractivity contribution in [1.29, 1.82) is 0 Å². The van der Waals surface area contributed by atoms with Gasteiger partial charge in [-0.1, -0.05) is 23.7 Å². The molecule has 0 saturated carbocycles. The second kappa shape index (κ2) is 6.89. The minimum atomic E-state index is -0.819. The van der Waals surface area contributed by atoms with Crippen LogP contribution in [0, 0.1) is 0 Å². The van der Waals surface area contributed by atoms with Crippen molar-refractivity contribution in [3.05, 3.63) is 34.9 Å². The minimum absolute atomic E-state index is 0.141. The van der Waals surface area contributed by atoms with Crippen LogP contribution < -0.4 is 5.32 Å². The zero-order valence-corrected chi connectivity index (χ0v) is 12.3. The van der Waals surface area contributed by atoms with Gasteiger partial charge in [0.2, 0.25) is 5.91 Å². The summed E-state index contributed by atoms with van der Waals surface area (Å²) in [5.74, 6) is -0.551. The monoisotopic (exact) mass is 312 g/mol. The van der Waals surface area contributed by atoms with Crippen LogP contribution in [0.25, 0.3) is 0 Å². The molecule has 2 rings (SSSR count). The topological polar surface area (TPSA) is 78.9 Å². The predicted octanol–water partition coefficient (Wildman–Crippen LogP) is 0.347. The standard InChI is InChI=1S/C14H17ClN2O4/c1-17-11(19)8-21-13(14(20)16-6-7-18)12(17)9-2-4-10(15)5-3-9/h2-5,12-13,18H,6-8H2,1H3,(H,16,20)/t12-,13+/m0/s1. The Hall–Kier alpha value is -1.63. The number of benzene rings is 1. The van der Waals surface area contributed by atoms with E-state index in [-0.39, 0.29) is 31.6 Å². The van der Waals surface area contributed by atoms with Crippen molar-refractivity contribution in [3.63, 3.8) is 0 Å². The van der Waals surface area contributed by atoms with Crippen LogP contribution in [0.5, 0.6) is 0 Å². The van der Waals surface area contributed by atoms with E-state index in [1.807, 2.05) is 0 Å². The SMILES string of the molecule is CN1C(=O)CO[C@@H](C(=O)NCCO)[C@@H]1c1ccc(Cl)cc1. The van der Waals surface area contributed by atoms with Crippen molar-refractivity contribution in [2.24, 2.45) is 0 Å². The summed E-state index contributed by atoms with van der Waals surface area (Å²) in [5.41, 5.74) is 0.763. The summed E-state index contributed by atoms with van der Waals surface area (Å²) in [6.45, 7) is -0.152. The maximum atomic E-state index is 12.1. The summed E-state index contributed by atoms with van der Waals surface area (Å²) in [6.07, 6.45) is -0.819. The van der Waals surface area contributed by atoms with Gasteiger partial charge in [0.05, 0.1) is 12.6 Å². The Balaban J connectivity index is 2.26. The fraction of sp³-hybridized carbons (Fsp3) is 0.429. The van der Waals surface area contributed by atoms with E-state index in [0.717, 1.165) is 5.56 Å². The highest BCUT2D eigenvalue weighted by atomic mass is 35.5. The fourth-order valence-corrected chi connectivity index (χ4v) is 2.40. The third-order valence-corrected chi connectivity index (χ3v) is 3.62. The summed E-state index contributed by atoms with van der Waals surface area (Å²) in [7, 11) is 1.64. The lowest BCUT2D eigenvalue weighted by Gasteiger charge is -2.38. The van der Waals surface area contributed by atoms with E-state index in [4.69, 9.17) is 21.4 Å². The Labute approximate surface area is 127 Å². The molecule has 0 spiro atoms. The number of carbonyl (C=O) groups is 2. The molecule has 2 atom stereocenters. The third-order valence-electron chi connectivity index (χ3n) is 3.36. The van der Waals surface area contributed by atoms with Gasteiger partial charge in [0, 0.05) is 18.6 Å². The number of hydrogen-bond donors (Lipinski definition) is 2. The molecule has 1 aliphatic heterocycles. The molecular formula is C14H17ClN2O4. The number of amides is 2. The second-order valence-electron chi connectivity index (χ2n) is 4.75. The molecule has 0 unspecified atom stereocenters. The van der Waals surface area contributed by atoms with Gasteiger partial charge >= 0.3 is 0 Å². The van der Waals surface area contributed by atoms with Gasteiger partial charge in [0.15, 0.2) is 6.10 Å². The third kappa shape index (κ3) is 3.53. The number of morpholine rings is 1. The summed E-state index contributed by atoms with van der Waals surface area (Å²) in [6, 6.07) is 6.40. The Morgan fingerprint density at radius 2 is 2.14 bits per heavy atom. The highest BCUT2D eigenvalue weighted by Gasteiger charge is 2.39. The highest BCUT2D eigenvalue weighted by molar-refractivity contribution is 6.30. The molecule has 21 heavy (non-hydrogen) atoms. The molecule has 0 aliphatic carbocycles. The van der Waals surface area contributed by atoms with Crippen molar-refractivity contribution in [1.82, 2.24) is 10.2 Å². The van der Waals surface area contributed by atoms with Gasteiger partial charge in [-0.2, -0.15) is 0 Å². The lowest BCUT2D eigenvalue weighted by atomic mass is 9.97. The van der Waals surface area contributed by atoms with E-state index in [1.54, 1.807) is 31.3 Å². The number of ether oxygens (including phenoxy) is 1. The van der Waals surface area contributed by atoms with Gasteiger partial charge in [-0.3, -0.25) is 9.59 Å². The van der Waals surface area contributed by atoms with Crippen LogP contribution in [0.15, 0.2) is 24.3 Å². The number of carbonyl (C=O) groups excluding carboxylic acids is 2. The first-order chi connectivity index (χ1) is 10.0. The number of nitrogens with one attached hydrogen (secondary N) is 1. The maximum Gasteiger partial charge on any atom is 0.251 e. The summed E-state index contributed by atoms with van der Waals surface area (Å²) < 4.78 is 5.40. The molecule has 1 aliphatic rings. The van der Waals surface area contributed by atoms with E-state index in [2.05, 4.69) is 5.32 Å². The van der Waals surface area contributed by atoms with Crippen molar-refractivity contribution in [2.75, 3.05) is 26.8 Å². The number of aliphatic hydroxyl groups excluding tert-OH is 1. The molecule has 2 amide bonds. The molecule has 0 bridgehead atoms. The molecule has 7 heteroatoms. The molecule has 1 saturated heterocycles. The molecule has 2 N–H and O–H groups in total. The van der Waals surface area contributed by atoms with Crippen LogP contribution in [0.1, 0.15) is 11.6 Å². The first-order valence-electron chi connectivity index (χ1n) is 6.56. The van der Waals surface area contributed by atoms with Crippen LogP contribution in [0.3, 0.4) is 0 Å². The average Bonchev–Trinajstić information content (AvgIpc) is 2.48. The van der Waals surface area contributed by atoms with Crippen LogP contribution in [-0.2, 0) is 14.3 Å². The van der Waals surface area contributed by atoms with Gasteiger partial charge in [-0.25, -0.2) is 0 Å². The molecule has 0 aromatic heterocycles. The lowest BCUT2D eigenvalue weighted by Crippen LogP contribution is -2.53. The van der Waals surface area contributed by atoms with E-state index in [1.165, 1.54) is 4.90 Å². The van der Waals surface area contributed by atoms with Gasteiger partial charge < -0.3 is 20.1 Å². The molecule has 6 nitrogen and oxygen atoms in total. The van der Waals surface area contributed by atoms with Gasteiger partial charge in [-0.15, -0.1) is 0 Å². The van der Waals surface area contributed by atoms with Crippen molar-refractivity contribution in [2.45, 2.75) is 12.1 Å². The molecule has 1 fully saturated rings. The summed E-state index contributed by atoms with van der Waals surface area (Å²) >= 11 is 5.86. The Kier molecular flexibility index (Phi) is 5.17. The number of likely N-dealkylation sites (N-methyl/N-ethyl adjacent to an activating group) is 1. The Morgan fingerprint density at radius 1 is 1.48 bits per heavy atom. The first kappa shape index (κ1) is 15.8. The van der Waals surface area contributed by atoms with Gasteiger partial charge in [-0.05, 0) is 17.7 Å².